The number of aromatic nitrogens is 1. The van der Waals surface area contributed by atoms with Gasteiger partial charge in [-0.3, -0.25) is 0 Å². The Labute approximate surface area is 128 Å². The number of aryl methyl sites for hydroxylation is 1. The van der Waals surface area contributed by atoms with Crippen LogP contribution in [0.3, 0.4) is 0 Å². The summed E-state index contributed by atoms with van der Waals surface area (Å²) in [7, 11) is 3.66. The molecule has 2 aromatic carbocycles. The van der Waals surface area contributed by atoms with Gasteiger partial charge < -0.3 is 14.0 Å². The van der Waals surface area contributed by atoms with Crippen molar-refractivity contribution in [2.45, 2.75) is 6.61 Å². The van der Waals surface area contributed by atoms with Gasteiger partial charge in [-0.25, -0.2) is 0 Å². The SMILES string of the molecule is COc1cccc(OCc2cn(C)c3ccc(Cl)cc23)c1. The van der Waals surface area contributed by atoms with Crippen LogP contribution < -0.4 is 9.47 Å². The standard InChI is InChI=1S/C17H16ClNO2/c1-19-10-12(16-8-13(18)6-7-17(16)19)11-21-15-5-3-4-14(9-15)20-2/h3-10H,11H2,1-2H3. The number of hydrogen-bond acceptors (Lipinski definition) is 2. The Balaban J connectivity index is 1.86. The van der Waals surface area contributed by atoms with E-state index in [-0.39, 0.29) is 0 Å². The van der Waals surface area contributed by atoms with Gasteiger partial charge >= 0.3 is 0 Å². The molecular formula is C17H16ClNO2. The van der Waals surface area contributed by atoms with Gasteiger partial charge in [0.1, 0.15) is 18.1 Å². The predicted molar refractivity (Wildman–Crippen MR) is 85.3 cm³/mol. The smallest absolute Gasteiger partial charge is 0.123 e. The van der Waals surface area contributed by atoms with Gasteiger partial charge in [-0.1, -0.05) is 17.7 Å². The zero-order chi connectivity index (χ0) is 14.8. The molecule has 0 aliphatic rings. The Bertz CT molecular complexity index is 780. The normalized spacial score (nSPS) is 10.8. The van der Waals surface area contributed by atoms with E-state index in [0.29, 0.717) is 6.61 Å². The molecule has 0 fully saturated rings. The van der Waals surface area contributed by atoms with Crippen LogP contribution in [0.25, 0.3) is 10.9 Å². The molecule has 0 N–H and O–H groups in total. The lowest BCUT2D eigenvalue weighted by atomic mass is 10.2. The Morgan fingerprint density at radius 1 is 1.10 bits per heavy atom. The molecule has 0 amide bonds. The van der Waals surface area contributed by atoms with Crippen molar-refractivity contribution in [1.29, 1.82) is 0 Å². The van der Waals surface area contributed by atoms with Crippen LogP contribution >= 0.6 is 11.6 Å². The van der Waals surface area contributed by atoms with Crippen molar-refractivity contribution < 1.29 is 9.47 Å². The Hall–Kier alpha value is -2.13. The molecular weight excluding hydrogens is 286 g/mol. The fraction of sp³-hybridized carbons (Fsp3) is 0.176. The van der Waals surface area contributed by atoms with Gasteiger partial charge in [0.05, 0.1) is 7.11 Å². The molecule has 1 heterocycles. The van der Waals surface area contributed by atoms with Gasteiger partial charge in [0.25, 0.3) is 0 Å². The highest BCUT2D eigenvalue weighted by atomic mass is 35.5. The molecule has 0 saturated heterocycles. The minimum atomic E-state index is 0.491. The molecule has 21 heavy (non-hydrogen) atoms. The molecule has 0 aliphatic heterocycles. The Morgan fingerprint density at radius 3 is 2.71 bits per heavy atom. The van der Waals surface area contributed by atoms with Crippen molar-refractivity contribution in [3.63, 3.8) is 0 Å². The number of benzene rings is 2. The van der Waals surface area contributed by atoms with Crippen molar-refractivity contribution in [3.05, 3.63) is 59.2 Å². The van der Waals surface area contributed by atoms with E-state index in [1.165, 1.54) is 0 Å². The monoisotopic (exact) mass is 301 g/mol. The number of methoxy groups -OCH3 is 1. The molecule has 0 saturated carbocycles. The highest BCUT2D eigenvalue weighted by Crippen LogP contribution is 2.26. The van der Waals surface area contributed by atoms with Crippen LogP contribution in [-0.2, 0) is 13.7 Å². The van der Waals surface area contributed by atoms with Gasteiger partial charge in [0.15, 0.2) is 0 Å². The predicted octanol–water partition coefficient (Wildman–Crippen LogP) is 4.42. The van der Waals surface area contributed by atoms with Crippen LogP contribution in [0.5, 0.6) is 11.5 Å². The summed E-state index contributed by atoms with van der Waals surface area (Å²) in [6.07, 6.45) is 2.07. The average molecular weight is 302 g/mol. The van der Waals surface area contributed by atoms with Crippen LogP contribution in [0, 0.1) is 0 Å². The number of halogens is 1. The van der Waals surface area contributed by atoms with Crippen LogP contribution in [0.15, 0.2) is 48.7 Å². The highest BCUT2D eigenvalue weighted by Gasteiger charge is 2.08. The topological polar surface area (TPSA) is 23.4 Å². The van der Waals surface area contributed by atoms with E-state index in [1.807, 2.05) is 49.5 Å². The number of hydrogen-bond donors (Lipinski definition) is 0. The first-order valence-electron chi connectivity index (χ1n) is 6.67. The molecule has 1 aromatic heterocycles. The molecule has 4 heteroatoms. The first-order chi connectivity index (χ1) is 10.2. The summed E-state index contributed by atoms with van der Waals surface area (Å²) >= 11 is 6.09. The Kier molecular flexibility index (Phi) is 3.76. The molecule has 0 unspecified atom stereocenters. The Morgan fingerprint density at radius 2 is 1.90 bits per heavy atom. The van der Waals surface area contributed by atoms with E-state index in [1.54, 1.807) is 7.11 Å². The van der Waals surface area contributed by atoms with E-state index in [2.05, 4.69) is 10.8 Å². The number of nitrogens with zero attached hydrogens (tertiary/aromatic N) is 1. The molecule has 0 aliphatic carbocycles. The maximum atomic E-state index is 6.09. The third kappa shape index (κ3) is 2.83. The van der Waals surface area contributed by atoms with Crippen molar-refractivity contribution >= 4 is 22.5 Å². The fourth-order valence-corrected chi connectivity index (χ4v) is 2.59. The van der Waals surface area contributed by atoms with E-state index >= 15 is 0 Å². The lowest BCUT2D eigenvalue weighted by Gasteiger charge is -2.07. The molecule has 3 aromatic rings. The van der Waals surface area contributed by atoms with Gasteiger partial charge in [-0.2, -0.15) is 0 Å². The lowest BCUT2D eigenvalue weighted by molar-refractivity contribution is 0.305. The van der Waals surface area contributed by atoms with Crippen molar-refractivity contribution in [2.75, 3.05) is 7.11 Å². The summed E-state index contributed by atoms with van der Waals surface area (Å²) in [6, 6.07) is 13.5. The summed E-state index contributed by atoms with van der Waals surface area (Å²) in [6.45, 7) is 0.491. The first kappa shape index (κ1) is 13.8. The number of fused-ring (bicyclic) bond motifs is 1. The van der Waals surface area contributed by atoms with E-state index in [4.69, 9.17) is 21.1 Å². The minimum absolute atomic E-state index is 0.491. The molecule has 0 bridgehead atoms. The third-order valence-electron chi connectivity index (χ3n) is 3.47. The second-order valence-electron chi connectivity index (χ2n) is 4.89. The molecule has 0 spiro atoms. The summed E-state index contributed by atoms with van der Waals surface area (Å²) in [5.41, 5.74) is 2.25. The zero-order valence-corrected chi connectivity index (χ0v) is 12.7. The van der Waals surface area contributed by atoms with Gasteiger partial charge in [0.2, 0.25) is 0 Å². The van der Waals surface area contributed by atoms with E-state index in [9.17, 15) is 0 Å². The maximum absolute atomic E-state index is 6.09. The van der Waals surface area contributed by atoms with Crippen LogP contribution in [0.2, 0.25) is 5.02 Å². The molecule has 3 rings (SSSR count). The second-order valence-corrected chi connectivity index (χ2v) is 5.33. The molecule has 108 valence electrons. The lowest BCUT2D eigenvalue weighted by Crippen LogP contribution is -1.95. The molecule has 0 atom stereocenters. The largest absolute Gasteiger partial charge is 0.497 e. The van der Waals surface area contributed by atoms with Crippen molar-refractivity contribution in [2.24, 2.45) is 7.05 Å². The van der Waals surface area contributed by atoms with Gasteiger partial charge in [-0.15, -0.1) is 0 Å². The number of ether oxygens (including phenoxy) is 2. The van der Waals surface area contributed by atoms with Crippen LogP contribution in [-0.4, -0.2) is 11.7 Å². The second kappa shape index (κ2) is 5.70. The fourth-order valence-electron chi connectivity index (χ4n) is 2.41. The van der Waals surface area contributed by atoms with Crippen LogP contribution in [0.4, 0.5) is 0 Å². The molecule has 0 radical (unpaired) electrons. The van der Waals surface area contributed by atoms with E-state index in [0.717, 1.165) is 33.0 Å². The van der Waals surface area contributed by atoms with Gasteiger partial charge in [-0.05, 0) is 30.3 Å². The van der Waals surface area contributed by atoms with Gasteiger partial charge in [0, 0.05) is 40.8 Å². The molecule has 3 nitrogen and oxygen atoms in total. The van der Waals surface area contributed by atoms with E-state index < -0.39 is 0 Å². The van der Waals surface area contributed by atoms with Crippen molar-refractivity contribution in [1.82, 2.24) is 4.57 Å². The quantitative estimate of drug-likeness (QED) is 0.712. The number of rotatable bonds is 4. The average Bonchev–Trinajstić information content (AvgIpc) is 2.81. The zero-order valence-electron chi connectivity index (χ0n) is 12.0. The van der Waals surface area contributed by atoms with Crippen molar-refractivity contribution in [3.8, 4) is 11.5 Å². The first-order valence-corrected chi connectivity index (χ1v) is 7.05. The summed E-state index contributed by atoms with van der Waals surface area (Å²) in [4.78, 5) is 0. The maximum Gasteiger partial charge on any atom is 0.123 e. The summed E-state index contributed by atoms with van der Waals surface area (Å²) < 4.78 is 13.1. The summed E-state index contributed by atoms with van der Waals surface area (Å²) in [5.74, 6) is 1.57. The van der Waals surface area contributed by atoms with Crippen LogP contribution in [0.1, 0.15) is 5.56 Å². The third-order valence-corrected chi connectivity index (χ3v) is 3.70. The summed E-state index contributed by atoms with van der Waals surface area (Å²) in [5, 5.41) is 1.85. The highest BCUT2D eigenvalue weighted by molar-refractivity contribution is 6.31. The minimum Gasteiger partial charge on any atom is -0.497 e.